The summed E-state index contributed by atoms with van der Waals surface area (Å²) in [5.41, 5.74) is 5.29. The van der Waals surface area contributed by atoms with Crippen LogP contribution in [0.4, 0.5) is 0 Å². The summed E-state index contributed by atoms with van der Waals surface area (Å²) in [7, 11) is 0. The molecule has 0 fully saturated rings. The smallest absolute Gasteiger partial charge is 0.0946 e. The van der Waals surface area contributed by atoms with Crippen LogP contribution in [0, 0.1) is 27.7 Å². The molecule has 21 heavy (non-hydrogen) atoms. The molecule has 1 heterocycles. The third-order valence-electron chi connectivity index (χ3n) is 3.75. The second-order valence-electron chi connectivity index (χ2n) is 5.91. The van der Waals surface area contributed by atoms with Crippen LogP contribution in [-0.4, -0.2) is 17.6 Å². The fourth-order valence-electron chi connectivity index (χ4n) is 2.81. The van der Waals surface area contributed by atoms with Crippen LogP contribution in [0.2, 0.25) is 0 Å². The fourth-order valence-corrected chi connectivity index (χ4v) is 3.83. The van der Waals surface area contributed by atoms with Gasteiger partial charge in [-0.3, -0.25) is 0 Å². The molecule has 0 aliphatic rings. The van der Waals surface area contributed by atoms with E-state index in [9.17, 15) is 0 Å². The lowest BCUT2D eigenvalue weighted by Crippen LogP contribution is -2.33. The first-order valence-electron chi connectivity index (χ1n) is 7.71. The number of hydrogen-bond donors (Lipinski definition) is 1. The minimum Gasteiger partial charge on any atom is -0.314 e. The average molecular weight is 302 g/mol. The maximum absolute atomic E-state index is 4.69. The lowest BCUT2D eigenvalue weighted by Gasteiger charge is -2.17. The van der Waals surface area contributed by atoms with Gasteiger partial charge in [-0.25, -0.2) is 4.98 Å². The van der Waals surface area contributed by atoms with E-state index in [1.54, 1.807) is 0 Å². The number of likely N-dealkylation sites (N-methyl/N-ethyl adjacent to an activating group) is 1. The Balaban J connectivity index is 2.11. The normalized spacial score (nSPS) is 12.6. The second-order valence-corrected chi connectivity index (χ2v) is 7.20. The summed E-state index contributed by atoms with van der Waals surface area (Å²) in [6, 6.07) is 7.30. The van der Waals surface area contributed by atoms with Gasteiger partial charge in [-0.1, -0.05) is 36.2 Å². The van der Waals surface area contributed by atoms with E-state index in [4.69, 9.17) is 0 Å². The van der Waals surface area contributed by atoms with Crippen LogP contribution in [0.5, 0.6) is 0 Å². The van der Waals surface area contributed by atoms with Crippen LogP contribution in [0.1, 0.15) is 39.2 Å². The van der Waals surface area contributed by atoms with Crippen molar-refractivity contribution in [1.29, 1.82) is 0 Å². The van der Waals surface area contributed by atoms with Crippen molar-refractivity contribution < 1.29 is 0 Å². The summed E-state index contributed by atoms with van der Waals surface area (Å²) in [5, 5.41) is 4.86. The van der Waals surface area contributed by atoms with Gasteiger partial charge in [0.2, 0.25) is 0 Å². The van der Waals surface area contributed by atoms with Crippen LogP contribution < -0.4 is 5.32 Å². The number of hydrogen-bond acceptors (Lipinski definition) is 3. The number of aromatic nitrogens is 1. The van der Waals surface area contributed by atoms with E-state index in [0.717, 1.165) is 19.4 Å². The largest absolute Gasteiger partial charge is 0.314 e. The van der Waals surface area contributed by atoms with Crippen LogP contribution >= 0.6 is 11.3 Å². The maximum Gasteiger partial charge on any atom is 0.0946 e. The lowest BCUT2D eigenvalue weighted by atomic mass is 9.99. The fraction of sp³-hybridized carbons (Fsp3) is 0.500. The summed E-state index contributed by atoms with van der Waals surface area (Å²) in [5.74, 6) is 0. The standard InChI is InChI=1S/C18H26N2S/c1-6-19-17(11-18-20-14(4)15(5)21-18)10-16-8-12(2)7-13(3)9-16/h7-9,17,19H,6,10-11H2,1-5H3. The predicted octanol–water partition coefficient (Wildman–Crippen LogP) is 4.14. The van der Waals surface area contributed by atoms with Crippen molar-refractivity contribution in [2.75, 3.05) is 6.54 Å². The molecule has 1 aromatic heterocycles. The zero-order valence-electron chi connectivity index (χ0n) is 13.8. The Kier molecular flexibility index (Phi) is 5.54. The summed E-state index contributed by atoms with van der Waals surface area (Å²) in [6.45, 7) is 11.8. The molecule has 0 saturated carbocycles. The molecule has 1 aromatic carbocycles. The average Bonchev–Trinajstić information content (AvgIpc) is 2.67. The molecule has 0 aliphatic carbocycles. The molecule has 0 saturated heterocycles. The first-order chi connectivity index (χ1) is 9.97. The van der Waals surface area contributed by atoms with Gasteiger partial charge in [-0.2, -0.15) is 0 Å². The van der Waals surface area contributed by atoms with Gasteiger partial charge in [0.05, 0.1) is 10.7 Å². The van der Waals surface area contributed by atoms with E-state index >= 15 is 0 Å². The molecule has 0 radical (unpaired) electrons. The number of rotatable bonds is 6. The number of benzene rings is 1. The molecule has 2 aromatic rings. The van der Waals surface area contributed by atoms with E-state index < -0.39 is 0 Å². The Bertz CT molecular complexity index is 562. The van der Waals surface area contributed by atoms with Crippen molar-refractivity contribution in [3.8, 4) is 0 Å². The molecular weight excluding hydrogens is 276 g/mol. The van der Waals surface area contributed by atoms with Crippen LogP contribution in [0.25, 0.3) is 0 Å². The second kappa shape index (κ2) is 7.19. The number of nitrogens with zero attached hydrogens (tertiary/aromatic N) is 1. The molecule has 0 spiro atoms. The van der Waals surface area contributed by atoms with Gasteiger partial charge in [0, 0.05) is 17.3 Å². The summed E-state index contributed by atoms with van der Waals surface area (Å²) in [4.78, 5) is 6.03. The Hall–Kier alpha value is -1.19. The highest BCUT2D eigenvalue weighted by atomic mass is 32.1. The summed E-state index contributed by atoms with van der Waals surface area (Å²) < 4.78 is 0. The van der Waals surface area contributed by atoms with Gasteiger partial charge in [-0.15, -0.1) is 11.3 Å². The monoisotopic (exact) mass is 302 g/mol. The van der Waals surface area contributed by atoms with Crippen molar-refractivity contribution >= 4 is 11.3 Å². The molecule has 1 unspecified atom stereocenters. The molecule has 2 nitrogen and oxygen atoms in total. The van der Waals surface area contributed by atoms with Gasteiger partial charge < -0.3 is 5.32 Å². The Morgan fingerprint density at radius 3 is 2.24 bits per heavy atom. The number of nitrogens with one attached hydrogen (secondary N) is 1. The summed E-state index contributed by atoms with van der Waals surface area (Å²) >= 11 is 1.83. The van der Waals surface area contributed by atoms with E-state index in [-0.39, 0.29) is 0 Å². The van der Waals surface area contributed by atoms with Gasteiger partial charge >= 0.3 is 0 Å². The van der Waals surface area contributed by atoms with Crippen molar-refractivity contribution in [1.82, 2.24) is 10.3 Å². The Morgan fingerprint density at radius 2 is 1.71 bits per heavy atom. The van der Waals surface area contributed by atoms with Gasteiger partial charge in [0.25, 0.3) is 0 Å². The highest BCUT2D eigenvalue weighted by Crippen LogP contribution is 2.19. The highest BCUT2D eigenvalue weighted by Gasteiger charge is 2.13. The van der Waals surface area contributed by atoms with Crippen molar-refractivity contribution in [2.24, 2.45) is 0 Å². The number of thiazole rings is 1. The molecule has 2 rings (SSSR count). The third kappa shape index (κ3) is 4.65. The number of aryl methyl sites for hydroxylation is 4. The van der Waals surface area contributed by atoms with Crippen molar-refractivity contribution in [2.45, 2.75) is 53.5 Å². The lowest BCUT2D eigenvalue weighted by molar-refractivity contribution is 0.520. The van der Waals surface area contributed by atoms with Gasteiger partial charge in [0.15, 0.2) is 0 Å². The van der Waals surface area contributed by atoms with E-state index in [1.165, 1.54) is 32.3 Å². The first kappa shape index (κ1) is 16.2. The third-order valence-corrected chi connectivity index (χ3v) is 4.85. The molecule has 1 atom stereocenters. The minimum absolute atomic E-state index is 0.459. The van der Waals surface area contributed by atoms with Crippen LogP contribution in [0.15, 0.2) is 18.2 Å². The van der Waals surface area contributed by atoms with Crippen molar-refractivity contribution in [3.05, 3.63) is 50.5 Å². The SMILES string of the molecule is CCNC(Cc1cc(C)cc(C)c1)Cc1nc(C)c(C)s1. The van der Waals surface area contributed by atoms with Gasteiger partial charge in [0.1, 0.15) is 0 Å². The van der Waals surface area contributed by atoms with Crippen LogP contribution in [0.3, 0.4) is 0 Å². The summed E-state index contributed by atoms with van der Waals surface area (Å²) in [6.07, 6.45) is 2.08. The first-order valence-corrected chi connectivity index (χ1v) is 8.53. The molecule has 1 N–H and O–H groups in total. The molecular formula is C18H26N2S. The van der Waals surface area contributed by atoms with Gasteiger partial charge in [-0.05, 0) is 46.2 Å². The van der Waals surface area contributed by atoms with Crippen molar-refractivity contribution in [3.63, 3.8) is 0 Å². The van der Waals surface area contributed by atoms with E-state index in [0.29, 0.717) is 6.04 Å². The minimum atomic E-state index is 0.459. The van der Waals surface area contributed by atoms with Crippen LogP contribution in [-0.2, 0) is 12.8 Å². The predicted molar refractivity (Wildman–Crippen MR) is 92.4 cm³/mol. The Labute approximate surface area is 132 Å². The quantitative estimate of drug-likeness (QED) is 0.867. The zero-order valence-corrected chi connectivity index (χ0v) is 14.6. The maximum atomic E-state index is 4.69. The highest BCUT2D eigenvalue weighted by molar-refractivity contribution is 7.11. The Morgan fingerprint density at radius 1 is 1.05 bits per heavy atom. The molecule has 0 aliphatic heterocycles. The topological polar surface area (TPSA) is 24.9 Å². The molecule has 0 bridgehead atoms. The van der Waals surface area contributed by atoms with E-state index in [2.05, 4.69) is 63.1 Å². The molecule has 0 amide bonds. The molecule has 3 heteroatoms. The van der Waals surface area contributed by atoms with E-state index in [1.807, 2.05) is 11.3 Å². The zero-order chi connectivity index (χ0) is 15.4. The molecule has 114 valence electrons.